The van der Waals surface area contributed by atoms with Crippen molar-refractivity contribution in [2.75, 3.05) is 0 Å². The van der Waals surface area contributed by atoms with E-state index < -0.39 is 20.8 Å². The second-order valence-corrected chi connectivity index (χ2v) is 9.30. The predicted octanol–water partition coefficient (Wildman–Crippen LogP) is 4.35. The molecule has 0 bridgehead atoms. The minimum absolute atomic E-state index is 0.200. The Labute approximate surface area is 160 Å². The van der Waals surface area contributed by atoms with E-state index >= 15 is 0 Å². The predicted molar refractivity (Wildman–Crippen MR) is 107 cm³/mol. The Hall–Kier alpha value is -2.70. The van der Waals surface area contributed by atoms with Crippen LogP contribution in [0.5, 0.6) is 0 Å². The third-order valence-electron chi connectivity index (χ3n) is 4.42. The van der Waals surface area contributed by atoms with Crippen molar-refractivity contribution in [3.8, 4) is 0 Å². The lowest BCUT2D eigenvalue weighted by Gasteiger charge is -2.10. The molecule has 6 heteroatoms. The summed E-state index contributed by atoms with van der Waals surface area (Å²) < 4.78 is 41.2. The molecular formula is C21H17NO3S2. The van der Waals surface area contributed by atoms with Crippen molar-refractivity contribution in [3.05, 3.63) is 90.6 Å². The largest absolute Gasteiger partial charge is 0.268 e. The molecule has 1 heterocycles. The normalized spacial score (nSPS) is 12.9. The maximum atomic E-state index is 13.3. The zero-order valence-electron chi connectivity index (χ0n) is 14.6. The van der Waals surface area contributed by atoms with Crippen LogP contribution in [0.15, 0.2) is 99.6 Å². The van der Waals surface area contributed by atoms with Gasteiger partial charge in [-0.25, -0.2) is 16.6 Å². The Balaban J connectivity index is 2.02. The fourth-order valence-corrected chi connectivity index (χ4v) is 6.23. The Kier molecular flexibility index (Phi) is 4.45. The highest BCUT2D eigenvalue weighted by Gasteiger charge is 2.27. The first kappa shape index (κ1) is 17.7. The average Bonchev–Trinajstić information content (AvgIpc) is 3.01. The Morgan fingerprint density at radius 1 is 0.778 bits per heavy atom. The maximum Gasteiger partial charge on any atom is 0.268 e. The number of hydrogen-bond acceptors (Lipinski definition) is 3. The second-order valence-electron chi connectivity index (χ2n) is 6.10. The lowest BCUT2D eigenvalue weighted by Crippen LogP contribution is -2.14. The molecular weight excluding hydrogens is 378 g/mol. The number of nitrogens with zero attached hydrogens (tertiary/aromatic N) is 1. The molecule has 27 heavy (non-hydrogen) atoms. The van der Waals surface area contributed by atoms with Gasteiger partial charge in [0.05, 0.1) is 26.1 Å². The van der Waals surface area contributed by atoms with Gasteiger partial charge in [0.15, 0.2) is 0 Å². The van der Waals surface area contributed by atoms with Gasteiger partial charge in [0.2, 0.25) is 0 Å². The van der Waals surface area contributed by atoms with E-state index in [0.29, 0.717) is 26.4 Å². The fourth-order valence-electron chi connectivity index (χ4n) is 3.21. The summed E-state index contributed by atoms with van der Waals surface area (Å²) in [4.78, 5) is 1.36. The second kappa shape index (κ2) is 6.79. The first-order valence-corrected chi connectivity index (χ1v) is 11.0. The van der Waals surface area contributed by atoms with Gasteiger partial charge in [-0.1, -0.05) is 54.6 Å². The van der Waals surface area contributed by atoms with Crippen molar-refractivity contribution in [2.24, 2.45) is 0 Å². The van der Waals surface area contributed by atoms with Crippen LogP contribution in [-0.2, 0) is 20.8 Å². The highest BCUT2D eigenvalue weighted by molar-refractivity contribution is 7.90. The molecule has 0 saturated heterocycles. The van der Waals surface area contributed by atoms with Crippen molar-refractivity contribution in [2.45, 2.75) is 21.6 Å². The van der Waals surface area contributed by atoms with E-state index in [2.05, 4.69) is 0 Å². The number of rotatable bonds is 4. The minimum atomic E-state index is -3.81. The summed E-state index contributed by atoms with van der Waals surface area (Å²) in [6.07, 6.45) is 0. The van der Waals surface area contributed by atoms with Gasteiger partial charge in [0.25, 0.3) is 10.0 Å². The summed E-state index contributed by atoms with van der Waals surface area (Å²) in [5.74, 6) is 0. The number of benzene rings is 3. The summed E-state index contributed by atoms with van der Waals surface area (Å²) in [7, 11) is -5.30. The van der Waals surface area contributed by atoms with Crippen LogP contribution in [-0.4, -0.2) is 16.6 Å². The molecule has 1 atom stereocenters. The average molecular weight is 396 g/mol. The van der Waals surface area contributed by atoms with Gasteiger partial charge in [-0.2, -0.15) is 0 Å². The number of fused-ring (bicyclic) bond motifs is 1. The van der Waals surface area contributed by atoms with E-state index in [9.17, 15) is 12.6 Å². The summed E-state index contributed by atoms with van der Waals surface area (Å²) in [6.45, 7) is 1.71. The number of hydrogen-bond donors (Lipinski definition) is 0. The van der Waals surface area contributed by atoms with E-state index in [-0.39, 0.29) is 4.90 Å². The molecule has 3 aromatic carbocycles. The summed E-state index contributed by atoms with van der Waals surface area (Å²) in [5.41, 5.74) is 0.986. The van der Waals surface area contributed by atoms with Gasteiger partial charge in [-0.05, 0) is 37.3 Å². The molecule has 136 valence electrons. The van der Waals surface area contributed by atoms with E-state index in [1.54, 1.807) is 61.5 Å². The molecule has 0 radical (unpaired) electrons. The standard InChI is InChI=1S/C21H17NO3S2/c1-16-21(26(23)17-10-4-2-5-11-17)19-14-8-9-15-20(19)22(16)27(24,25)18-12-6-3-7-13-18/h2-15H,1H3. The molecule has 4 rings (SSSR count). The first-order chi connectivity index (χ1) is 13.0. The molecule has 4 nitrogen and oxygen atoms in total. The topological polar surface area (TPSA) is 56.1 Å². The zero-order chi connectivity index (χ0) is 19.0. The van der Waals surface area contributed by atoms with E-state index in [1.165, 1.54) is 3.97 Å². The third-order valence-corrected chi connectivity index (χ3v) is 7.83. The maximum absolute atomic E-state index is 13.3. The fraction of sp³-hybridized carbons (Fsp3) is 0.0476. The van der Waals surface area contributed by atoms with Gasteiger partial charge < -0.3 is 0 Å². The molecule has 4 aromatic rings. The highest BCUT2D eigenvalue weighted by atomic mass is 32.2. The van der Waals surface area contributed by atoms with Gasteiger partial charge in [0, 0.05) is 16.0 Å². The van der Waals surface area contributed by atoms with Crippen LogP contribution >= 0.6 is 0 Å². The van der Waals surface area contributed by atoms with E-state index in [0.717, 1.165) is 0 Å². The van der Waals surface area contributed by atoms with Crippen molar-refractivity contribution in [1.82, 2.24) is 3.97 Å². The van der Waals surface area contributed by atoms with Crippen molar-refractivity contribution < 1.29 is 12.6 Å². The van der Waals surface area contributed by atoms with Gasteiger partial charge >= 0.3 is 0 Å². The Morgan fingerprint density at radius 3 is 2.00 bits per heavy atom. The lowest BCUT2D eigenvalue weighted by atomic mass is 10.2. The molecule has 0 saturated carbocycles. The van der Waals surface area contributed by atoms with Crippen LogP contribution in [0.3, 0.4) is 0 Å². The van der Waals surface area contributed by atoms with Gasteiger partial charge in [-0.15, -0.1) is 0 Å². The quantitative estimate of drug-likeness (QED) is 0.516. The molecule has 1 unspecified atom stereocenters. The summed E-state index contributed by atoms with van der Waals surface area (Å²) in [6, 6.07) is 24.5. The lowest BCUT2D eigenvalue weighted by molar-refractivity contribution is 0.587. The number of para-hydroxylation sites is 1. The Morgan fingerprint density at radius 2 is 1.33 bits per heavy atom. The van der Waals surface area contributed by atoms with Crippen LogP contribution in [0, 0.1) is 6.92 Å². The zero-order valence-corrected chi connectivity index (χ0v) is 16.2. The highest BCUT2D eigenvalue weighted by Crippen LogP contribution is 2.34. The molecule has 0 amide bonds. The molecule has 0 aliphatic heterocycles. The number of aromatic nitrogens is 1. The van der Waals surface area contributed by atoms with Crippen LogP contribution in [0.4, 0.5) is 0 Å². The molecule has 0 N–H and O–H groups in total. The van der Waals surface area contributed by atoms with Crippen molar-refractivity contribution in [3.63, 3.8) is 0 Å². The smallest absolute Gasteiger partial charge is 0.249 e. The van der Waals surface area contributed by atoms with Crippen LogP contribution in [0.25, 0.3) is 10.9 Å². The minimum Gasteiger partial charge on any atom is -0.249 e. The summed E-state index contributed by atoms with van der Waals surface area (Å²) in [5, 5.41) is 0.677. The van der Waals surface area contributed by atoms with Crippen LogP contribution in [0.1, 0.15) is 5.69 Å². The van der Waals surface area contributed by atoms with Crippen molar-refractivity contribution >= 4 is 31.7 Å². The van der Waals surface area contributed by atoms with Gasteiger partial charge in [0.1, 0.15) is 0 Å². The molecule has 0 spiro atoms. The molecule has 1 aromatic heterocycles. The summed E-state index contributed by atoms with van der Waals surface area (Å²) >= 11 is 0. The molecule has 0 aliphatic rings. The van der Waals surface area contributed by atoms with E-state index in [1.807, 2.05) is 30.3 Å². The Bertz CT molecular complexity index is 1240. The molecule has 0 fully saturated rings. The van der Waals surface area contributed by atoms with Crippen LogP contribution in [0.2, 0.25) is 0 Å². The van der Waals surface area contributed by atoms with E-state index in [4.69, 9.17) is 0 Å². The van der Waals surface area contributed by atoms with Gasteiger partial charge in [-0.3, -0.25) is 0 Å². The van der Waals surface area contributed by atoms with Crippen molar-refractivity contribution in [1.29, 1.82) is 0 Å². The first-order valence-electron chi connectivity index (χ1n) is 8.39. The molecule has 0 aliphatic carbocycles. The van der Waals surface area contributed by atoms with Crippen LogP contribution < -0.4 is 0 Å². The third kappa shape index (κ3) is 2.91. The monoisotopic (exact) mass is 395 g/mol. The SMILES string of the molecule is Cc1c(S(=O)c2ccccc2)c2ccccc2n1S(=O)(=O)c1ccccc1.